The minimum atomic E-state index is -0.536. The number of amides is 1. The Morgan fingerprint density at radius 2 is 1.93 bits per heavy atom. The van der Waals surface area contributed by atoms with Crippen LogP contribution in [-0.2, 0) is 9.53 Å². The zero-order chi connectivity index (χ0) is 21.8. The van der Waals surface area contributed by atoms with E-state index in [1.165, 1.54) is 6.08 Å². The van der Waals surface area contributed by atoms with E-state index in [1.807, 2.05) is 24.3 Å². The number of carbonyl (C=O) groups excluding carboxylic acids is 2. The van der Waals surface area contributed by atoms with E-state index in [2.05, 4.69) is 24.1 Å². The second-order valence-corrected chi connectivity index (χ2v) is 7.85. The van der Waals surface area contributed by atoms with E-state index in [9.17, 15) is 9.59 Å². The van der Waals surface area contributed by atoms with Crippen molar-refractivity contribution in [3.63, 3.8) is 0 Å². The van der Waals surface area contributed by atoms with E-state index in [0.29, 0.717) is 26.5 Å². The van der Waals surface area contributed by atoms with Gasteiger partial charge in [0.25, 0.3) is 0 Å². The maximum absolute atomic E-state index is 12.6. The number of H-pyrrole nitrogens is 1. The molecule has 156 valence electrons. The summed E-state index contributed by atoms with van der Waals surface area (Å²) in [6.45, 7) is 6.06. The van der Waals surface area contributed by atoms with Crippen LogP contribution in [0.5, 0.6) is 0 Å². The van der Waals surface area contributed by atoms with Crippen LogP contribution in [0, 0.1) is 0 Å². The van der Waals surface area contributed by atoms with Crippen molar-refractivity contribution in [2.24, 2.45) is 0 Å². The number of rotatable bonds is 6. The number of hydrogen-bond donors (Lipinski definition) is 2. The Labute approximate surface area is 185 Å². The second kappa shape index (κ2) is 9.37. The first-order valence-electron chi connectivity index (χ1n) is 9.57. The summed E-state index contributed by atoms with van der Waals surface area (Å²) in [5.74, 6) is -0.596. The molecule has 5 nitrogen and oxygen atoms in total. The van der Waals surface area contributed by atoms with Gasteiger partial charge in [-0.05, 0) is 42.7 Å². The van der Waals surface area contributed by atoms with Gasteiger partial charge in [-0.15, -0.1) is 0 Å². The van der Waals surface area contributed by atoms with E-state index in [-0.39, 0.29) is 24.1 Å². The molecule has 0 aliphatic carbocycles. The van der Waals surface area contributed by atoms with Gasteiger partial charge in [-0.3, -0.25) is 4.79 Å². The minimum absolute atomic E-state index is 0.211. The molecule has 7 heteroatoms. The molecule has 1 aromatic heterocycles. The van der Waals surface area contributed by atoms with Crippen molar-refractivity contribution >= 4 is 57.7 Å². The summed E-state index contributed by atoms with van der Waals surface area (Å²) in [5.41, 5.74) is 3.05. The average Bonchev–Trinajstić information content (AvgIpc) is 3.05. The number of hydrogen-bond acceptors (Lipinski definition) is 3. The fraction of sp³-hybridized carbons (Fsp3) is 0.217. The lowest BCUT2D eigenvalue weighted by molar-refractivity contribution is -0.111. The summed E-state index contributed by atoms with van der Waals surface area (Å²) >= 11 is 12.5. The maximum atomic E-state index is 12.6. The molecule has 0 aliphatic rings. The van der Waals surface area contributed by atoms with Crippen LogP contribution in [0.25, 0.3) is 17.0 Å². The number of anilines is 1. The maximum Gasteiger partial charge on any atom is 0.355 e. The van der Waals surface area contributed by atoms with Crippen LogP contribution in [-0.4, -0.2) is 23.5 Å². The first-order valence-corrected chi connectivity index (χ1v) is 10.3. The Bertz CT molecular complexity index is 1130. The summed E-state index contributed by atoms with van der Waals surface area (Å²) in [5, 5.41) is 4.29. The van der Waals surface area contributed by atoms with Gasteiger partial charge in [0.2, 0.25) is 5.91 Å². The Hall–Kier alpha value is -2.76. The summed E-state index contributed by atoms with van der Waals surface area (Å²) in [4.78, 5) is 28.0. The van der Waals surface area contributed by atoms with Crippen LogP contribution >= 0.6 is 23.2 Å². The fourth-order valence-electron chi connectivity index (χ4n) is 3.25. The molecular formula is C23H22Cl2N2O3. The molecule has 0 saturated heterocycles. The van der Waals surface area contributed by atoms with Gasteiger partial charge in [-0.25, -0.2) is 4.79 Å². The van der Waals surface area contributed by atoms with E-state index in [1.54, 1.807) is 25.1 Å². The third kappa shape index (κ3) is 4.69. The number of para-hydroxylation sites is 1. The van der Waals surface area contributed by atoms with E-state index in [0.717, 1.165) is 11.3 Å². The van der Waals surface area contributed by atoms with Crippen molar-refractivity contribution in [2.45, 2.75) is 26.7 Å². The highest BCUT2D eigenvalue weighted by atomic mass is 35.5. The molecule has 1 amide bonds. The van der Waals surface area contributed by atoms with E-state index in [4.69, 9.17) is 27.9 Å². The van der Waals surface area contributed by atoms with Gasteiger partial charge >= 0.3 is 5.97 Å². The largest absolute Gasteiger partial charge is 0.461 e. The number of aromatic amines is 1. The zero-order valence-electron chi connectivity index (χ0n) is 16.9. The number of carbonyl (C=O) groups is 2. The molecule has 0 aliphatic heterocycles. The second-order valence-electron chi connectivity index (χ2n) is 7.01. The molecule has 1 heterocycles. The minimum Gasteiger partial charge on any atom is -0.461 e. The molecule has 2 aromatic carbocycles. The monoisotopic (exact) mass is 444 g/mol. The van der Waals surface area contributed by atoms with Crippen molar-refractivity contribution < 1.29 is 14.3 Å². The lowest BCUT2D eigenvalue weighted by atomic mass is 10.0. The lowest BCUT2D eigenvalue weighted by Gasteiger charge is -2.12. The van der Waals surface area contributed by atoms with Crippen LogP contribution < -0.4 is 5.32 Å². The molecule has 0 radical (unpaired) electrons. The Morgan fingerprint density at radius 3 is 2.63 bits per heavy atom. The van der Waals surface area contributed by atoms with E-state index < -0.39 is 5.97 Å². The highest BCUT2D eigenvalue weighted by Gasteiger charge is 2.20. The van der Waals surface area contributed by atoms with Gasteiger partial charge in [0.15, 0.2) is 0 Å². The number of nitrogens with one attached hydrogen (secondary N) is 2. The molecule has 0 spiro atoms. The average molecular weight is 445 g/mol. The Kier molecular flexibility index (Phi) is 6.85. The van der Waals surface area contributed by atoms with Gasteiger partial charge in [-0.2, -0.15) is 0 Å². The summed E-state index contributed by atoms with van der Waals surface area (Å²) < 4.78 is 5.13. The number of esters is 1. The summed E-state index contributed by atoms with van der Waals surface area (Å²) in [6.07, 6.45) is 2.92. The van der Waals surface area contributed by atoms with Crippen molar-refractivity contribution in [1.82, 2.24) is 4.98 Å². The first-order chi connectivity index (χ1) is 14.3. The Morgan fingerprint density at radius 1 is 1.20 bits per heavy atom. The normalized spacial score (nSPS) is 11.4. The SMILES string of the molecule is CCOC(=O)c1[nH]c2cc(Cl)cc(Cl)c2c1/C=C/C(=O)Nc1ccccc1C(C)C. The molecule has 0 bridgehead atoms. The van der Waals surface area contributed by atoms with Gasteiger partial charge in [0, 0.05) is 33.3 Å². The standard InChI is InChI=1S/C23H22Cl2N2O3/c1-4-30-23(29)22-16(21-17(25)11-14(24)12-19(21)27-22)9-10-20(28)26-18-8-6-5-7-15(18)13(2)3/h5-13,27H,4H2,1-3H3,(H,26,28)/b10-9+. The smallest absolute Gasteiger partial charge is 0.355 e. The molecule has 3 aromatic rings. The molecule has 0 atom stereocenters. The molecule has 3 rings (SSSR count). The predicted octanol–water partition coefficient (Wildman–Crippen LogP) is 6.43. The first kappa shape index (κ1) is 21.9. The summed E-state index contributed by atoms with van der Waals surface area (Å²) in [7, 11) is 0. The van der Waals surface area contributed by atoms with Gasteiger partial charge < -0.3 is 15.0 Å². The quantitative estimate of drug-likeness (QED) is 0.339. The van der Waals surface area contributed by atoms with Crippen LogP contribution in [0.1, 0.15) is 48.3 Å². The van der Waals surface area contributed by atoms with E-state index >= 15 is 0 Å². The van der Waals surface area contributed by atoms with Crippen LogP contribution in [0.3, 0.4) is 0 Å². The molecule has 0 fully saturated rings. The fourth-order valence-corrected chi connectivity index (χ4v) is 3.85. The van der Waals surface area contributed by atoms with Crippen molar-refractivity contribution in [3.8, 4) is 0 Å². The highest BCUT2D eigenvalue weighted by Crippen LogP contribution is 2.33. The number of aromatic nitrogens is 1. The zero-order valence-corrected chi connectivity index (χ0v) is 18.4. The molecule has 0 unspecified atom stereocenters. The molecule has 30 heavy (non-hydrogen) atoms. The topological polar surface area (TPSA) is 71.2 Å². The predicted molar refractivity (Wildman–Crippen MR) is 122 cm³/mol. The number of benzene rings is 2. The Balaban J connectivity index is 1.98. The number of fused-ring (bicyclic) bond motifs is 1. The van der Waals surface area contributed by atoms with Gasteiger partial charge in [0.05, 0.1) is 11.6 Å². The highest BCUT2D eigenvalue weighted by molar-refractivity contribution is 6.39. The third-order valence-corrected chi connectivity index (χ3v) is 5.09. The van der Waals surface area contributed by atoms with Crippen molar-refractivity contribution in [1.29, 1.82) is 0 Å². The molecule has 2 N–H and O–H groups in total. The lowest BCUT2D eigenvalue weighted by Crippen LogP contribution is -2.10. The molecular weight excluding hydrogens is 423 g/mol. The summed E-state index contributed by atoms with van der Waals surface area (Å²) in [6, 6.07) is 10.9. The third-order valence-electron chi connectivity index (χ3n) is 4.57. The number of halogens is 2. The van der Waals surface area contributed by atoms with Crippen LogP contribution in [0.4, 0.5) is 5.69 Å². The van der Waals surface area contributed by atoms with Crippen LogP contribution in [0.2, 0.25) is 10.0 Å². The van der Waals surface area contributed by atoms with Crippen LogP contribution in [0.15, 0.2) is 42.5 Å². The van der Waals surface area contributed by atoms with Crippen molar-refractivity contribution in [2.75, 3.05) is 11.9 Å². The molecule has 0 saturated carbocycles. The van der Waals surface area contributed by atoms with Gasteiger partial charge in [0.1, 0.15) is 5.69 Å². The van der Waals surface area contributed by atoms with Crippen molar-refractivity contribution in [3.05, 3.63) is 69.3 Å². The number of ether oxygens (including phenoxy) is 1. The van der Waals surface area contributed by atoms with Gasteiger partial charge in [-0.1, -0.05) is 55.2 Å².